The molecule has 1 N–H and O–H groups in total. The summed E-state index contributed by atoms with van der Waals surface area (Å²) in [5.74, 6) is -0.931. The molecule has 2 rings (SSSR count). The predicted molar refractivity (Wildman–Crippen MR) is 87.5 cm³/mol. The van der Waals surface area contributed by atoms with Crippen LogP contribution in [-0.2, 0) is 16.0 Å². The first kappa shape index (κ1) is 17.5. The van der Waals surface area contributed by atoms with E-state index in [1.165, 1.54) is 12.1 Å². The molecule has 0 heterocycles. The van der Waals surface area contributed by atoms with Gasteiger partial charge in [0, 0.05) is 25.6 Å². The van der Waals surface area contributed by atoms with Crippen molar-refractivity contribution in [2.75, 3.05) is 14.2 Å². The largest absolute Gasteiger partial charge is 0.478 e. The third kappa shape index (κ3) is 2.98. The molecule has 5 nitrogen and oxygen atoms in total. The van der Waals surface area contributed by atoms with E-state index in [0.29, 0.717) is 0 Å². The van der Waals surface area contributed by atoms with E-state index in [-0.39, 0.29) is 34.9 Å². The van der Waals surface area contributed by atoms with Crippen LogP contribution in [0.5, 0.6) is 0 Å². The molecule has 2 unspecified atom stereocenters. The number of ether oxygens (including phenoxy) is 1. The summed E-state index contributed by atoms with van der Waals surface area (Å²) < 4.78 is 5.61. The van der Waals surface area contributed by atoms with E-state index in [1.54, 1.807) is 24.1 Å². The van der Waals surface area contributed by atoms with Crippen molar-refractivity contribution < 1.29 is 19.4 Å². The molecule has 1 fully saturated rings. The number of methoxy groups -OCH3 is 1. The zero-order valence-corrected chi connectivity index (χ0v) is 14.4. The lowest BCUT2D eigenvalue weighted by molar-refractivity contribution is -0.207. The lowest BCUT2D eigenvalue weighted by atomic mass is 9.55. The van der Waals surface area contributed by atoms with Crippen LogP contribution in [0.1, 0.15) is 43.1 Å². The van der Waals surface area contributed by atoms with E-state index in [0.717, 1.165) is 12.0 Å². The molecule has 1 aliphatic carbocycles. The summed E-state index contributed by atoms with van der Waals surface area (Å²) in [6.07, 6.45) is 1.09. The molecule has 0 bridgehead atoms. The van der Waals surface area contributed by atoms with Crippen LogP contribution in [0, 0.1) is 5.41 Å². The van der Waals surface area contributed by atoms with Gasteiger partial charge in [-0.2, -0.15) is 0 Å². The monoisotopic (exact) mass is 319 g/mol. The van der Waals surface area contributed by atoms with Crippen LogP contribution in [-0.4, -0.2) is 47.7 Å². The average Bonchev–Trinajstić information content (AvgIpc) is 2.51. The van der Waals surface area contributed by atoms with Crippen LogP contribution in [0.2, 0.25) is 0 Å². The van der Waals surface area contributed by atoms with Gasteiger partial charge in [0.25, 0.3) is 0 Å². The Labute approximate surface area is 137 Å². The second-order valence-corrected chi connectivity index (χ2v) is 7.06. The fourth-order valence-corrected chi connectivity index (χ4v) is 3.31. The molecule has 5 heteroatoms. The summed E-state index contributed by atoms with van der Waals surface area (Å²) >= 11 is 0. The second-order valence-electron chi connectivity index (χ2n) is 7.06. The van der Waals surface area contributed by atoms with Gasteiger partial charge in [0.05, 0.1) is 17.6 Å². The third-order valence-corrected chi connectivity index (χ3v) is 5.65. The van der Waals surface area contributed by atoms with Crippen LogP contribution in [0.3, 0.4) is 0 Å². The standard InChI is InChI=1S/C18H25NO4/c1-17(2)14(11-18(17,3)23-5)19(4)15(20)10-12-6-8-13(9-7-12)16(21)22/h6-9,14H,10-11H2,1-5H3,(H,21,22). The lowest BCUT2D eigenvalue weighted by Crippen LogP contribution is -2.68. The van der Waals surface area contributed by atoms with Gasteiger partial charge in [-0.25, -0.2) is 4.79 Å². The Morgan fingerprint density at radius 3 is 2.26 bits per heavy atom. The maximum atomic E-state index is 12.5. The van der Waals surface area contributed by atoms with Gasteiger partial charge < -0.3 is 14.7 Å². The molecule has 1 aromatic carbocycles. The fraction of sp³-hybridized carbons (Fsp3) is 0.556. The molecule has 0 saturated heterocycles. The van der Waals surface area contributed by atoms with Gasteiger partial charge in [-0.05, 0) is 31.0 Å². The number of benzene rings is 1. The summed E-state index contributed by atoms with van der Waals surface area (Å²) in [4.78, 5) is 25.2. The Balaban J connectivity index is 2.02. The van der Waals surface area contributed by atoms with E-state index in [2.05, 4.69) is 20.8 Å². The van der Waals surface area contributed by atoms with Crippen LogP contribution in [0.15, 0.2) is 24.3 Å². The first-order valence-corrected chi connectivity index (χ1v) is 7.75. The SMILES string of the molecule is COC1(C)CC(N(C)C(=O)Cc2ccc(C(=O)O)cc2)C1(C)C. The highest BCUT2D eigenvalue weighted by atomic mass is 16.5. The Kier molecular flexibility index (Phi) is 4.53. The van der Waals surface area contributed by atoms with Crippen LogP contribution in [0.25, 0.3) is 0 Å². The lowest BCUT2D eigenvalue weighted by Gasteiger charge is -2.61. The molecule has 1 aliphatic rings. The van der Waals surface area contributed by atoms with Crippen molar-refractivity contribution in [1.82, 2.24) is 4.90 Å². The summed E-state index contributed by atoms with van der Waals surface area (Å²) in [6.45, 7) is 6.32. The maximum Gasteiger partial charge on any atom is 0.335 e. The summed E-state index contributed by atoms with van der Waals surface area (Å²) in [5, 5.41) is 8.90. The number of carboxylic acids is 1. The molecular formula is C18H25NO4. The quantitative estimate of drug-likeness (QED) is 0.906. The topological polar surface area (TPSA) is 66.8 Å². The molecule has 0 aliphatic heterocycles. The van der Waals surface area contributed by atoms with Gasteiger partial charge >= 0.3 is 5.97 Å². The van der Waals surface area contributed by atoms with Crippen LogP contribution < -0.4 is 0 Å². The van der Waals surface area contributed by atoms with Crippen molar-refractivity contribution in [2.24, 2.45) is 5.41 Å². The number of amides is 1. The van der Waals surface area contributed by atoms with Gasteiger partial charge in [-0.1, -0.05) is 26.0 Å². The molecular weight excluding hydrogens is 294 g/mol. The van der Waals surface area contributed by atoms with Gasteiger partial charge in [0.2, 0.25) is 5.91 Å². The second kappa shape index (κ2) is 5.96. The molecule has 23 heavy (non-hydrogen) atoms. The van der Waals surface area contributed by atoms with Gasteiger partial charge in [-0.15, -0.1) is 0 Å². The number of nitrogens with zero attached hydrogens (tertiary/aromatic N) is 1. The van der Waals surface area contributed by atoms with Crippen molar-refractivity contribution >= 4 is 11.9 Å². The fourth-order valence-electron chi connectivity index (χ4n) is 3.31. The van der Waals surface area contributed by atoms with Gasteiger partial charge in [0.1, 0.15) is 0 Å². The zero-order valence-electron chi connectivity index (χ0n) is 14.4. The number of rotatable bonds is 5. The summed E-state index contributed by atoms with van der Waals surface area (Å²) in [6, 6.07) is 6.58. The summed E-state index contributed by atoms with van der Waals surface area (Å²) in [7, 11) is 3.54. The van der Waals surface area contributed by atoms with Gasteiger partial charge in [0.15, 0.2) is 0 Å². The number of hydrogen-bond donors (Lipinski definition) is 1. The van der Waals surface area contributed by atoms with Crippen molar-refractivity contribution in [3.8, 4) is 0 Å². The Bertz CT molecular complexity index is 608. The molecule has 126 valence electrons. The number of carbonyl (C=O) groups is 2. The van der Waals surface area contributed by atoms with E-state index in [4.69, 9.17) is 9.84 Å². The highest BCUT2D eigenvalue weighted by Gasteiger charge is 2.59. The molecule has 1 aromatic rings. The molecule has 2 atom stereocenters. The molecule has 0 radical (unpaired) electrons. The average molecular weight is 319 g/mol. The minimum absolute atomic E-state index is 0.0318. The van der Waals surface area contributed by atoms with Crippen molar-refractivity contribution in [1.29, 1.82) is 0 Å². The highest BCUT2D eigenvalue weighted by molar-refractivity contribution is 5.87. The van der Waals surface area contributed by atoms with Crippen LogP contribution >= 0.6 is 0 Å². The molecule has 1 amide bonds. The normalized spacial score (nSPS) is 25.5. The Morgan fingerprint density at radius 2 is 1.83 bits per heavy atom. The molecule has 0 spiro atoms. The smallest absolute Gasteiger partial charge is 0.335 e. The van der Waals surface area contributed by atoms with E-state index >= 15 is 0 Å². The number of hydrogen-bond acceptors (Lipinski definition) is 3. The van der Waals surface area contributed by atoms with E-state index < -0.39 is 5.97 Å². The van der Waals surface area contributed by atoms with E-state index in [1.807, 2.05) is 7.05 Å². The Morgan fingerprint density at radius 1 is 1.26 bits per heavy atom. The first-order valence-electron chi connectivity index (χ1n) is 7.75. The third-order valence-electron chi connectivity index (χ3n) is 5.65. The predicted octanol–water partition coefficient (Wildman–Crippen LogP) is 2.59. The number of aromatic carboxylic acids is 1. The number of carboxylic acid groups (broad SMARTS) is 1. The zero-order chi connectivity index (χ0) is 17.4. The molecule has 0 aromatic heterocycles. The minimum atomic E-state index is -0.963. The maximum absolute atomic E-state index is 12.5. The summed E-state index contributed by atoms with van der Waals surface area (Å²) in [5.41, 5.74) is 0.721. The highest BCUT2D eigenvalue weighted by Crippen LogP contribution is 2.53. The first-order chi connectivity index (χ1) is 10.6. The van der Waals surface area contributed by atoms with Crippen molar-refractivity contribution in [2.45, 2.75) is 45.3 Å². The van der Waals surface area contributed by atoms with Gasteiger partial charge in [-0.3, -0.25) is 4.79 Å². The minimum Gasteiger partial charge on any atom is -0.478 e. The molecule has 1 saturated carbocycles. The number of likely N-dealkylation sites (N-methyl/N-ethyl adjacent to an activating group) is 1. The van der Waals surface area contributed by atoms with Crippen molar-refractivity contribution in [3.63, 3.8) is 0 Å². The van der Waals surface area contributed by atoms with Crippen LogP contribution in [0.4, 0.5) is 0 Å². The Hall–Kier alpha value is -1.88. The van der Waals surface area contributed by atoms with E-state index in [9.17, 15) is 9.59 Å². The number of carbonyl (C=O) groups excluding carboxylic acids is 1. The van der Waals surface area contributed by atoms with Crippen molar-refractivity contribution in [3.05, 3.63) is 35.4 Å².